The second-order valence-corrected chi connectivity index (χ2v) is 6.79. The van der Waals surface area contributed by atoms with Gasteiger partial charge in [-0.1, -0.05) is 13.8 Å². The topological polar surface area (TPSA) is 82.8 Å². The van der Waals surface area contributed by atoms with Crippen LogP contribution >= 0.6 is 0 Å². The maximum Gasteiger partial charge on any atom is 0.243 e. The summed E-state index contributed by atoms with van der Waals surface area (Å²) < 4.78 is 27.3. The fourth-order valence-electron chi connectivity index (χ4n) is 2.49. The van der Waals surface area contributed by atoms with Crippen LogP contribution in [0.25, 0.3) is 0 Å². The van der Waals surface area contributed by atoms with E-state index in [2.05, 4.69) is 23.6 Å². The molecule has 3 unspecified atom stereocenters. The molecule has 1 heterocycles. The van der Waals surface area contributed by atoms with E-state index in [1.54, 1.807) is 0 Å². The van der Waals surface area contributed by atoms with Crippen LogP contribution < -0.4 is 4.72 Å². The predicted octanol–water partition coefficient (Wildman–Crippen LogP) is 1.67. The first-order chi connectivity index (χ1) is 8.95. The SMILES string of the molecule is CC1CCC(NS(=O)(=O)c2cccnc2C#N)C1C. The molecule has 1 aliphatic rings. The zero-order valence-corrected chi connectivity index (χ0v) is 11.8. The largest absolute Gasteiger partial charge is 0.244 e. The zero-order valence-electron chi connectivity index (χ0n) is 11.0. The lowest BCUT2D eigenvalue weighted by Crippen LogP contribution is -2.37. The molecule has 1 aliphatic carbocycles. The molecule has 5 nitrogen and oxygen atoms in total. The number of aromatic nitrogens is 1. The lowest BCUT2D eigenvalue weighted by atomic mass is 9.98. The molecule has 1 aromatic heterocycles. The minimum Gasteiger partial charge on any atom is -0.244 e. The number of rotatable bonds is 3. The minimum absolute atomic E-state index is 0.0377. The van der Waals surface area contributed by atoms with Gasteiger partial charge in [-0.3, -0.25) is 0 Å². The zero-order chi connectivity index (χ0) is 14.0. The Morgan fingerprint density at radius 2 is 2.16 bits per heavy atom. The van der Waals surface area contributed by atoms with Crippen molar-refractivity contribution in [2.24, 2.45) is 11.8 Å². The normalized spacial score (nSPS) is 27.1. The number of nitriles is 1. The quantitative estimate of drug-likeness (QED) is 0.912. The Bertz CT molecular complexity index is 607. The highest BCUT2D eigenvalue weighted by Crippen LogP contribution is 2.32. The number of hydrogen-bond acceptors (Lipinski definition) is 4. The molecule has 0 spiro atoms. The molecule has 0 amide bonds. The van der Waals surface area contributed by atoms with Gasteiger partial charge in [-0.25, -0.2) is 18.1 Å². The molecule has 0 saturated heterocycles. The van der Waals surface area contributed by atoms with E-state index in [4.69, 9.17) is 5.26 Å². The van der Waals surface area contributed by atoms with Crippen molar-refractivity contribution in [1.29, 1.82) is 5.26 Å². The number of pyridine rings is 1. The fraction of sp³-hybridized carbons (Fsp3) is 0.538. The lowest BCUT2D eigenvalue weighted by Gasteiger charge is -2.19. The summed E-state index contributed by atoms with van der Waals surface area (Å²) in [6, 6.07) is 4.69. The third kappa shape index (κ3) is 2.77. The summed E-state index contributed by atoms with van der Waals surface area (Å²) in [4.78, 5) is 3.75. The molecule has 2 rings (SSSR count). The van der Waals surface area contributed by atoms with Crippen LogP contribution in [0.5, 0.6) is 0 Å². The number of hydrogen-bond donors (Lipinski definition) is 1. The van der Waals surface area contributed by atoms with Gasteiger partial charge in [0.2, 0.25) is 10.0 Å². The average molecular weight is 279 g/mol. The third-order valence-electron chi connectivity index (χ3n) is 3.94. The summed E-state index contributed by atoms with van der Waals surface area (Å²) in [5.41, 5.74) is -0.0614. The summed E-state index contributed by atoms with van der Waals surface area (Å²) in [5.74, 6) is 0.814. The molecular formula is C13H17N3O2S. The molecule has 19 heavy (non-hydrogen) atoms. The van der Waals surface area contributed by atoms with Gasteiger partial charge in [0.15, 0.2) is 5.69 Å². The first kappa shape index (κ1) is 14.0. The number of nitrogens with zero attached hydrogens (tertiary/aromatic N) is 2. The minimum atomic E-state index is -3.68. The van der Waals surface area contributed by atoms with E-state index in [1.807, 2.05) is 6.07 Å². The summed E-state index contributed by atoms with van der Waals surface area (Å²) in [5, 5.41) is 8.93. The van der Waals surface area contributed by atoms with Gasteiger partial charge >= 0.3 is 0 Å². The van der Waals surface area contributed by atoms with E-state index < -0.39 is 10.0 Å². The summed E-state index contributed by atoms with van der Waals surface area (Å²) in [6.45, 7) is 4.18. The second-order valence-electron chi connectivity index (χ2n) is 5.10. The Balaban J connectivity index is 2.27. The van der Waals surface area contributed by atoms with Gasteiger partial charge in [-0.05, 0) is 36.8 Å². The molecule has 1 saturated carbocycles. The Morgan fingerprint density at radius 3 is 2.74 bits per heavy atom. The number of sulfonamides is 1. The maximum absolute atomic E-state index is 12.3. The summed E-state index contributed by atoms with van der Waals surface area (Å²) >= 11 is 0. The second kappa shape index (κ2) is 5.27. The van der Waals surface area contributed by atoms with Gasteiger partial charge in [0.05, 0.1) is 0 Å². The first-order valence-electron chi connectivity index (χ1n) is 6.33. The van der Waals surface area contributed by atoms with Crippen molar-refractivity contribution in [1.82, 2.24) is 9.71 Å². The Kier molecular flexibility index (Phi) is 3.88. The van der Waals surface area contributed by atoms with Gasteiger partial charge in [-0.2, -0.15) is 5.26 Å². The summed E-state index contributed by atoms with van der Waals surface area (Å²) in [6.07, 6.45) is 3.27. The van der Waals surface area contributed by atoms with Crippen LogP contribution in [0.15, 0.2) is 23.2 Å². The van der Waals surface area contributed by atoms with Gasteiger partial charge in [0.1, 0.15) is 11.0 Å². The monoisotopic (exact) mass is 279 g/mol. The van der Waals surface area contributed by atoms with Crippen LogP contribution in [0.2, 0.25) is 0 Å². The highest BCUT2D eigenvalue weighted by Gasteiger charge is 2.33. The molecule has 0 radical (unpaired) electrons. The third-order valence-corrected chi connectivity index (χ3v) is 5.46. The highest BCUT2D eigenvalue weighted by molar-refractivity contribution is 7.89. The molecule has 102 valence electrons. The molecule has 1 aromatic rings. The highest BCUT2D eigenvalue weighted by atomic mass is 32.2. The van der Waals surface area contributed by atoms with Gasteiger partial charge in [0.25, 0.3) is 0 Å². The lowest BCUT2D eigenvalue weighted by molar-refractivity contribution is 0.402. The van der Waals surface area contributed by atoms with E-state index in [0.717, 1.165) is 12.8 Å². The number of nitrogens with one attached hydrogen (secondary N) is 1. The van der Waals surface area contributed by atoms with Gasteiger partial charge < -0.3 is 0 Å². The Hall–Kier alpha value is -1.45. The van der Waals surface area contributed by atoms with Crippen molar-refractivity contribution in [3.05, 3.63) is 24.0 Å². The Labute approximate surface area is 113 Å². The van der Waals surface area contributed by atoms with Crippen molar-refractivity contribution in [2.75, 3.05) is 0 Å². The molecule has 1 N–H and O–H groups in total. The maximum atomic E-state index is 12.3. The smallest absolute Gasteiger partial charge is 0.243 e. The van der Waals surface area contributed by atoms with Crippen LogP contribution in [-0.4, -0.2) is 19.4 Å². The van der Waals surface area contributed by atoms with Crippen molar-refractivity contribution in [3.8, 4) is 6.07 Å². The van der Waals surface area contributed by atoms with Crippen molar-refractivity contribution in [2.45, 2.75) is 37.6 Å². The molecule has 0 bridgehead atoms. The van der Waals surface area contributed by atoms with E-state index in [-0.39, 0.29) is 16.6 Å². The molecule has 6 heteroatoms. The van der Waals surface area contributed by atoms with Crippen molar-refractivity contribution >= 4 is 10.0 Å². The van der Waals surface area contributed by atoms with E-state index in [9.17, 15) is 8.42 Å². The average Bonchev–Trinajstić information content (AvgIpc) is 2.70. The van der Waals surface area contributed by atoms with Crippen LogP contribution in [0.1, 0.15) is 32.4 Å². The molecule has 0 aliphatic heterocycles. The first-order valence-corrected chi connectivity index (χ1v) is 7.81. The van der Waals surface area contributed by atoms with Crippen molar-refractivity contribution < 1.29 is 8.42 Å². The fourth-order valence-corrected chi connectivity index (χ4v) is 3.95. The van der Waals surface area contributed by atoms with Crippen LogP contribution in [0.3, 0.4) is 0 Å². The molecule has 0 aromatic carbocycles. The molecule has 3 atom stereocenters. The summed E-state index contributed by atoms with van der Waals surface area (Å²) in [7, 11) is -3.68. The standard InChI is InChI=1S/C13H17N3O2S/c1-9-5-6-11(10(9)2)16-19(17,18)13-4-3-7-15-12(13)8-14/h3-4,7,9-11,16H,5-6H2,1-2H3. The van der Waals surface area contributed by atoms with Crippen LogP contribution in [0, 0.1) is 23.2 Å². The van der Waals surface area contributed by atoms with Crippen molar-refractivity contribution in [3.63, 3.8) is 0 Å². The van der Waals surface area contributed by atoms with E-state index >= 15 is 0 Å². The van der Waals surface area contributed by atoms with Crippen LogP contribution in [0.4, 0.5) is 0 Å². The van der Waals surface area contributed by atoms with Crippen LogP contribution in [-0.2, 0) is 10.0 Å². The van der Waals surface area contributed by atoms with E-state index in [0.29, 0.717) is 11.8 Å². The van der Waals surface area contributed by atoms with E-state index in [1.165, 1.54) is 18.3 Å². The predicted molar refractivity (Wildman–Crippen MR) is 70.6 cm³/mol. The molecular weight excluding hydrogens is 262 g/mol. The van der Waals surface area contributed by atoms with Gasteiger partial charge in [0, 0.05) is 12.2 Å². The molecule has 1 fully saturated rings. The Morgan fingerprint density at radius 1 is 1.42 bits per heavy atom. The van der Waals surface area contributed by atoms with Gasteiger partial charge in [-0.15, -0.1) is 0 Å².